The zero-order chi connectivity index (χ0) is 14.7. The van der Waals surface area contributed by atoms with Crippen molar-refractivity contribution in [2.45, 2.75) is 9.79 Å². The van der Waals surface area contributed by atoms with Crippen molar-refractivity contribution >= 4 is 18.0 Å². The molecule has 0 saturated carbocycles. The van der Waals surface area contributed by atoms with Crippen LogP contribution in [0, 0.1) is 5.82 Å². The molecule has 3 aromatic rings. The van der Waals surface area contributed by atoms with E-state index in [1.165, 1.54) is 23.9 Å². The van der Waals surface area contributed by atoms with E-state index in [-0.39, 0.29) is 5.82 Å². The van der Waals surface area contributed by atoms with Crippen LogP contribution in [0.4, 0.5) is 4.39 Å². The molecule has 1 aromatic carbocycles. The fourth-order valence-corrected chi connectivity index (χ4v) is 2.75. The van der Waals surface area contributed by atoms with Crippen LogP contribution in [0.3, 0.4) is 0 Å². The molecular weight excluding hydrogens is 289 g/mol. The summed E-state index contributed by atoms with van der Waals surface area (Å²) in [6.45, 7) is 0. The minimum absolute atomic E-state index is 0.266. The molecule has 2 heterocycles. The molecule has 21 heavy (non-hydrogen) atoms. The Labute approximate surface area is 124 Å². The Hall–Kier alpha value is -2.47. The van der Waals surface area contributed by atoms with E-state index in [1.807, 2.05) is 6.07 Å². The van der Waals surface area contributed by atoms with Crippen molar-refractivity contribution in [1.29, 1.82) is 0 Å². The summed E-state index contributed by atoms with van der Waals surface area (Å²) < 4.78 is 12.9. The molecule has 0 unspecified atom stereocenters. The van der Waals surface area contributed by atoms with Crippen molar-refractivity contribution in [2.24, 2.45) is 0 Å². The lowest BCUT2D eigenvalue weighted by atomic mass is 10.2. The Bertz CT molecular complexity index is 771. The third-order valence-electron chi connectivity index (χ3n) is 2.82. The summed E-state index contributed by atoms with van der Waals surface area (Å²) in [5, 5.41) is 6.75. The predicted octanol–water partition coefficient (Wildman–Crippen LogP) is 3.57. The van der Waals surface area contributed by atoms with Crippen LogP contribution in [0.1, 0.15) is 10.5 Å². The molecule has 3 rings (SSSR count). The van der Waals surface area contributed by atoms with Gasteiger partial charge in [-0.15, -0.1) is 0 Å². The van der Waals surface area contributed by atoms with E-state index < -0.39 is 0 Å². The highest BCUT2D eigenvalue weighted by Crippen LogP contribution is 2.34. The summed E-state index contributed by atoms with van der Waals surface area (Å²) in [5.41, 5.74) is 1.87. The summed E-state index contributed by atoms with van der Waals surface area (Å²) in [6, 6.07) is 9.79. The highest BCUT2D eigenvalue weighted by atomic mass is 32.2. The minimum Gasteiger partial charge on any atom is -0.296 e. The second-order valence-corrected chi connectivity index (χ2v) is 5.37. The third-order valence-corrected chi connectivity index (χ3v) is 3.91. The molecule has 4 nitrogen and oxygen atoms in total. The van der Waals surface area contributed by atoms with Crippen molar-refractivity contribution in [3.05, 3.63) is 60.3 Å². The molecule has 0 aliphatic rings. The van der Waals surface area contributed by atoms with Gasteiger partial charge in [-0.3, -0.25) is 14.9 Å². The molecule has 2 aromatic heterocycles. The maximum absolute atomic E-state index is 12.9. The van der Waals surface area contributed by atoms with E-state index in [0.29, 0.717) is 17.7 Å². The number of pyridine rings is 1. The van der Waals surface area contributed by atoms with Crippen LogP contribution in [0.2, 0.25) is 0 Å². The van der Waals surface area contributed by atoms with Crippen LogP contribution in [-0.2, 0) is 0 Å². The molecule has 0 spiro atoms. The molecule has 1 N–H and O–H groups in total. The summed E-state index contributed by atoms with van der Waals surface area (Å²) >= 11 is 1.49. The summed E-state index contributed by atoms with van der Waals surface area (Å²) in [6.07, 6.45) is 4.08. The number of hydrogen-bond donors (Lipinski definition) is 1. The summed E-state index contributed by atoms with van der Waals surface area (Å²) in [7, 11) is 0. The van der Waals surface area contributed by atoms with Gasteiger partial charge in [-0.2, -0.15) is 5.10 Å². The number of H-pyrrole nitrogens is 1. The van der Waals surface area contributed by atoms with Gasteiger partial charge >= 0.3 is 0 Å². The van der Waals surface area contributed by atoms with Crippen molar-refractivity contribution in [1.82, 2.24) is 15.2 Å². The third kappa shape index (κ3) is 3.00. The van der Waals surface area contributed by atoms with Crippen LogP contribution in [0.5, 0.6) is 0 Å². The lowest BCUT2D eigenvalue weighted by Crippen LogP contribution is -1.85. The van der Waals surface area contributed by atoms with E-state index in [1.54, 1.807) is 30.6 Å². The normalized spacial score (nSPS) is 10.5. The van der Waals surface area contributed by atoms with Gasteiger partial charge in [0.25, 0.3) is 0 Å². The molecule has 0 aliphatic heterocycles. The molecule has 6 heteroatoms. The minimum atomic E-state index is -0.266. The molecular formula is C15H10FN3OS. The monoisotopic (exact) mass is 299 g/mol. The number of aromatic nitrogens is 3. The number of nitrogens with zero attached hydrogens (tertiary/aromatic N) is 2. The molecule has 0 bridgehead atoms. The second kappa shape index (κ2) is 5.88. The Balaban J connectivity index is 1.95. The maximum Gasteiger partial charge on any atom is 0.167 e. The van der Waals surface area contributed by atoms with Crippen molar-refractivity contribution < 1.29 is 9.18 Å². The number of rotatable bonds is 4. The smallest absolute Gasteiger partial charge is 0.167 e. The van der Waals surface area contributed by atoms with Crippen LogP contribution < -0.4 is 0 Å². The van der Waals surface area contributed by atoms with E-state index in [0.717, 1.165) is 15.4 Å². The molecule has 0 fully saturated rings. The van der Waals surface area contributed by atoms with Gasteiger partial charge in [-0.05, 0) is 36.4 Å². The number of carbonyl (C=O) groups excluding carboxylic acids is 1. The molecule has 0 saturated heterocycles. The SMILES string of the molecule is O=Cc1cc(-c2cnccc2Sc2ccc(F)cc2)n[nH]1. The molecule has 104 valence electrons. The van der Waals surface area contributed by atoms with Gasteiger partial charge in [0.1, 0.15) is 5.82 Å². The van der Waals surface area contributed by atoms with Crippen LogP contribution in [-0.4, -0.2) is 21.5 Å². The van der Waals surface area contributed by atoms with Crippen molar-refractivity contribution in [3.8, 4) is 11.3 Å². The Morgan fingerprint density at radius 1 is 1.19 bits per heavy atom. The number of benzene rings is 1. The van der Waals surface area contributed by atoms with Crippen LogP contribution in [0.25, 0.3) is 11.3 Å². The lowest BCUT2D eigenvalue weighted by Gasteiger charge is -2.06. The number of carbonyl (C=O) groups is 1. The largest absolute Gasteiger partial charge is 0.296 e. The fraction of sp³-hybridized carbons (Fsp3) is 0. The van der Waals surface area contributed by atoms with E-state index in [4.69, 9.17) is 0 Å². The van der Waals surface area contributed by atoms with Crippen LogP contribution >= 0.6 is 11.8 Å². The number of aromatic amines is 1. The van der Waals surface area contributed by atoms with Gasteiger partial charge < -0.3 is 0 Å². The average Bonchev–Trinajstić information content (AvgIpc) is 2.99. The molecule has 0 amide bonds. The Morgan fingerprint density at radius 2 is 2.00 bits per heavy atom. The molecule has 0 aliphatic carbocycles. The van der Waals surface area contributed by atoms with Gasteiger partial charge in [0, 0.05) is 27.7 Å². The van der Waals surface area contributed by atoms with Gasteiger partial charge in [-0.25, -0.2) is 4.39 Å². The van der Waals surface area contributed by atoms with Gasteiger partial charge in [0.2, 0.25) is 0 Å². The quantitative estimate of drug-likeness (QED) is 0.748. The van der Waals surface area contributed by atoms with Crippen molar-refractivity contribution in [2.75, 3.05) is 0 Å². The first-order valence-electron chi connectivity index (χ1n) is 6.14. The van der Waals surface area contributed by atoms with E-state index in [9.17, 15) is 9.18 Å². The fourth-order valence-electron chi connectivity index (χ4n) is 1.83. The predicted molar refractivity (Wildman–Crippen MR) is 77.7 cm³/mol. The second-order valence-electron chi connectivity index (χ2n) is 4.25. The van der Waals surface area contributed by atoms with Crippen LogP contribution in [0.15, 0.2) is 58.6 Å². The molecule has 0 radical (unpaired) electrons. The standard InChI is InChI=1S/C15H10FN3OS/c16-10-1-3-12(4-2-10)21-15-5-6-17-8-13(15)14-7-11(9-20)18-19-14/h1-9H,(H,18,19). The average molecular weight is 299 g/mol. The number of hydrogen-bond acceptors (Lipinski definition) is 4. The highest BCUT2D eigenvalue weighted by Gasteiger charge is 2.10. The number of aldehydes is 1. The maximum atomic E-state index is 12.9. The number of halogens is 1. The Morgan fingerprint density at radius 3 is 2.71 bits per heavy atom. The van der Waals surface area contributed by atoms with Gasteiger partial charge in [0.15, 0.2) is 6.29 Å². The first kappa shape index (κ1) is 13.5. The lowest BCUT2D eigenvalue weighted by molar-refractivity contribution is 0.111. The summed E-state index contributed by atoms with van der Waals surface area (Å²) in [4.78, 5) is 16.7. The summed E-state index contributed by atoms with van der Waals surface area (Å²) in [5.74, 6) is -0.266. The first-order chi connectivity index (χ1) is 10.3. The topological polar surface area (TPSA) is 58.6 Å². The zero-order valence-corrected chi connectivity index (χ0v) is 11.6. The first-order valence-corrected chi connectivity index (χ1v) is 6.96. The van der Waals surface area contributed by atoms with E-state index >= 15 is 0 Å². The van der Waals surface area contributed by atoms with Gasteiger partial charge in [0.05, 0.1) is 11.4 Å². The van der Waals surface area contributed by atoms with Gasteiger partial charge in [-0.1, -0.05) is 11.8 Å². The molecule has 0 atom stereocenters. The zero-order valence-electron chi connectivity index (χ0n) is 10.8. The highest BCUT2D eigenvalue weighted by molar-refractivity contribution is 7.99. The van der Waals surface area contributed by atoms with Crippen molar-refractivity contribution in [3.63, 3.8) is 0 Å². The Kier molecular flexibility index (Phi) is 3.79. The van der Waals surface area contributed by atoms with E-state index in [2.05, 4.69) is 15.2 Å². The number of nitrogens with one attached hydrogen (secondary N) is 1.